The first-order valence-electron chi connectivity index (χ1n) is 9.48. The van der Waals surface area contributed by atoms with Gasteiger partial charge in [-0.1, -0.05) is 39.0 Å². The second kappa shape index (κ2) is 5.64. The van der Waals surface area contributed by atoms with Crippen molar-refractivity contribution in [1.29, 1.82) is 0 Å². The Labute approximate surface area is 153 Å². The highest BCUT2D eigenvalue weighted by atomic mass is 16.2. The van der Waals surface area contributed by atoms with Crippen LogP contribution in [-0.4, -0.2) is 34.7 Å². The Hall–Kier alpha value is -2.21. The van der Waals surface area contributed by atoms with Gasteiger partial charge < -0.3 is 10.6 Å². The van der Waals surface area contributed by atoms with Crippen molar-refractivity contribution in [2.45, 2.75) is 51.7 Å². The molecule has 0 aliphatic carbocycles. The molecule has 1 aromatic rings. The molecule has 5 atom stereocenters. The summed E-state index contributed by atoms with van der Waals surface area (Å²) in [6.07, 6.45) is 0.711. The molecule has 2 saturated heterocycles. The molecule has 4 rings (SSSR count). The quantitative estimate of drug-likeness (QED) is 0.787. The molecule has 0 radical (unpaired) electrons. The summed E-state index contributed by atoms with van der Waals surface area (Å²) >= 11 is 0. The Morgan fingerprint density at radius 2 is 1.85 bits per heavy atom. The predicted molar refractivity (Wildman–Crippen MR) is 95.9 cm³/mol. The molecular weight excluding hydrogens is 330 g/mol. The third-order valence-electron chi connectivity index (χ3n) is 6.54. The van der Waals surface area contributed by atoms with Crippen LogP contribution in [0.4, 0.5) is 5.69 Å². The third-order valence-corrected chi connectivity index (χ3v) is 6.54. The zero-order chi connectivity index (χ0) is 18.8. The van der Waals surface area contributed by atoms with E-state index in [0.29, 0.717) is 6.42 Å². The first kappa shape index (κ1) is 17.2. The second-order valence-electron chi connectivity index (χ2n) is 8.16. The van der Waals surface area contributed by atoms with Gasteiger partial charge in [-0.2, -0.15) is 0 Å². The molecule has 2 fully saturated rings. The second-order valence-corrected chi connectivity index (χ2v) is 8.16. The summed E-state index contributed by atoms with van der Waals surface area (Å²) in [6.45, 7) is 7.98. The lowest BCUT2D eigenvalue weighted by Crippen LogP contribution is -2.99. The Morgan fingerprint density at radius 3 is 2.50 bits per heavy atom. The number of carbonyl (C=O) groups is 3. The van der Waals surface area contributed by atoms with E-state index in [2.05, 4.69) is 19.2 Å². The van der Waals surface area contributed by atoms with E-state index in [1.54, 1.807) is 0 Å². The Balaban J connectivity index is 1.90. The molecule has 138 valence electrons. The number of para-hydroxylation sites is 1. The van der Waals surface area contributed by atoms with Gasteiger partial charge in [0.15, 0.2) is 0 Å². The summed E-state index contributed by atoms with van der Waals surface area (Å²) in [5.74, 6) is -1.40. The van der Waals surface area contributed by atoms with Crippen molar-refractivity contribution in [2.24, 2.45) is 17.8 Å². The van der Waals surface area contributed by atoms with Crippen molar-refractivity contribution in [3.05, 3.63) is 29.8 Å². The standard InChI is InChI=1S/C20H25N3O3/c1-5-11(4)23-17(24)14-15(18(23)25)20(22-16(14)10(2)3)12-8-6-7-9-13(12)21-19(20)26/h6-11,14-16,22H,5H2,1-4H3,(H,21,26)/p+1/t11-,14-,15-,16+,20-/m0/s1. The highest BCUT2D eigenvalue weighted by Crippen LogP contribution is 2.50. The molecule has 3 aliphatic heterocycles. The molecule has 3 N–H and O–H groups in total. The van der Waals surface area contributed by atoms with Crippen LogP contribution >= 0.6 is 0 Å². The molecular formula is C20H26N3O3+. The van der Waals surface area contributed by atoms with Crippen LogP contribution in [0.2, 0.25) is 0 Å². The largest absolute Gasteiger partial charge is 0.326 e. The molecule has 0 unspecified atom stereocenters. The van der Waals surface area contributed by atoms with Gasteiger partial charge in [0, 0.05) is 17.5 Å². The average Bonchev–Trinajstić information content (AvgIpc) is 3.20. The van der Waals surface area contributed by atoms with Crippen molar-refractivity contribution in [3.8, 4) is 0 Å². The maximum Gasteiger partial charge on any atom is 0.291 e. The molecule has 6 heteroatoms. The van der Waals surface area contributed by atoms with Crippen molar-refractivity contribution < 1.29 is 19.7 Å². The zero-order valence-corrected chi connectivity index (χ0v) is 15.7. The van der Waals surface area contributed by atoms with E-state index < -0.39 is 17.4 Å². The molecule has 0 bridgehead atoms. The number of fused-ring (bicyclic) bond motifs is 4. The van der Waals surface area contributed by atoms with Crippen molar-refractivity contribution >= 4 is 23.4 Å². The van der Waals surface area contributed by atoms with Gasteiger partial charge >= 0.3 is 0 Å². The van der Waals surface area contributed by atoms with E-state index >= 15 is 0 Å². The summed E-state index contributed by atoms with van der Waals surface area (Å²) < 4.78 is 0. The smallest absolute Gasteiger partial charge is 0.291 e. The number of carbonyl (C=O) groups excluding carboxylic acids is 3. The molecule has 26 heavy (non-hydrogen) atoms. The van der Waals surface area contributed by atoms with Crippen molar-refractivity contribution in [2.75, 3.05) is 5.32 Å². The summed E-state index contributed by atoms with van der Waals surface area (Å²) in [7, 11) is 0. The van der Waals surface area contributed by atoms with E-state index in [-0.39, 0.29) is 35.7 Å². The van der Waals surface area contributed by atoms with Crippen molar-refractivity contribution in [1.82, 2.24) is 4.90 Å². The van der Waals surface area contributed by atoms with Crippen LogP contribution in [0.3, 0.4) is 0 Å². The molecule has 3 aliphatic rings. The zero-order valence-electron chi connectivity index (χ0n) is 15.7. The van der Waals surface area contributed by atoms with E-state index in [1.807, 2.05) is 43.4 Å². The SMILES string of the molecule is CC[C@H](C)N1C(=O)[C@@H]2[C@@H](C(C)C)[NH2+][C@]3(C(=O)Nc4ccccc43)[C@@H]2C1=O. The number of nitrogens with two attached hydrogens (primary N) is 1. The summed E-state index contributed by atoms with van der Waals surface area (Å²) in [5.41, 5.74) is 0.542. The summed E-state index contributed by atoms with van der Waals surface area (Å²) in [6, 6.07) is 7.29. The number of benzene rings is 1. The van der Waals surface area contributed by atoms with Gasteiger partial charge in [-0.05, 0) is 19.4 Å². The van der Waals surface area contributed by atoms with Gasteiger partial charge in [-0.25, -0.2) is 0 Å². The minimum atomic E-state index is -1.04. The molecule has 0 aromatic heterocycles. The normalized spacial score (nSPS) is 33.8. The number of anilines is 1. The van der Waals surface area contributed by atoms with Gasteiger partial charge in [0.1, 0.15) is 17.9 Å². The maximum atomic E-state index is 13.4. The number of hydrogen-bond acceptors (Lipinski definition) is 3. The Kier molecular flexibility index (Phi) is 3.74. The molecule has 0 saturated carbocycles. The van der Waals surface area contributed by atoms with E-state index in [4.69, 9.17) is 0 Å². The number of quaternary nitrogens is 1. The molecule has 6 nitrogen and oxygen atoms in total. The van der Waals surface area contributed by atoms with Crippen LogP contribution in [0.1, 0.15) is 39.7 Å². The fourth-order valence-electron chi connectivity index (χ4n) is 5.09. The lowest BCUT2D eigenvalue weighted by molar-refractivity contribution is -0.738. The molecule has 1 spiro atoms. The highest BCUT2D eigenvalue weighted by molar-refractivity contribution is 6.14. The Morgan fingerprint density at radius 1 is 1.15 bits per heavy atom. The minimum Gasteiger partial charge on any atom is -0.326 e. The number of nitrogens with one attached hydrogen (secondary N) is 1. The molecule has 3 amide bonds. The van der Waals surface area contributed by atoms with Gasteiger partial charge in [0.2, 0.25) is 17.4 Å². The maximum absolute atomic E-state index is 13.4. The third kappa shape index (κ3) is 1.93. The lowest BCUT2D eigenvalue weighted by Gasteiger charge is -2.29. The van der Waals surface area contributed by atoms with Crippen LogP contribution < -0.4 is 10.6 Å². The first-order valence-corrected chi connectivity index (χ1v) is 9.48. The topological polar surface area (TPSA) is 83.1 Å². The van der Waals surface area contributed by atoms with Crippen LogP contribution in [0.5, 0.6) is 0 Å². The monoisotopic (exact) mass is 356 g/mol. The number of nitrogens with zero attached hydrogens (tertiary/aromatic N) is 1. The average molecular weight is 356 g/mol. The van der Waals surface area contributed by atoms with E-state index in [9.17, 15) is 14.4 Å². The number of rotatable bonds is 3. The van der Waals surface area contributed by atoms with Crippen LogP contribution in [0, 0.1) is 17.8 Å². The number of likely N-dealkylation sites (tertiary alicyclic amines) is 1. The minimum absolute atomic E-state index is 0.0950. The fraction of sp³-hybridized carbons (Fsp3) is 0.550. The van der Waals surface area contributed by atoms with Gasteiger partial charge in [-0.3, -0.25) is 19.3 Å². The summed E-state index contributed by atoms with van der Waals surface area (Å²) in [5, 5.41) is 4.94. The van der Waals surface area contributed by atoms with Gasteiger partial charge in [0.25, 0.3) is 5.91 Å². The highest BCUT2D eigenvalue weighted by Gasteiger charge is 2.74. The van der Waals surface area contributed by atoms with E-state index in [0.717, 1.165) is 11.3 Å². The first-order chi connectivity index (χ1) is 12.3. The fourth-order valence-corrected chi connectivity index (χ4v) is 5.09. The van der Waals surface area contributed by atoms with Crippen LogP contribution in [0.15, 0.2) is 24.3 Å². The number of hydrogen-bond donors (Lipinski definition) is 2. The number of amides is 3. The predicted octanol–water partition coefficient (Wildman–Crippen LogP) is 0.835. The van der Waals surface area contributed by atoms with Gasteiger partial charge in [-0.15, -0.1) is 0 Å². The molecule has 3 heterocycles. The number of imide groups is 1. The van der Waals surface area contributed by atoms with Gasteiger partial charge in [0.05, 0.1) is 5.69 Å². The lowest BCUT2D eigenvalue weighted by atomic mass is 9.76. The Bertz CT molecular complexity index is 805. The molecule has 1 aromatic carbocycles. The van der Waals surface area contributed by atoms with E-state index in [1.165, 1.54) is 4.90 Å². The van der Waals surface area contributed by atoms with Crippen LogP contribution in [0.25, 0.3) is 0 Å². The summed E-state index contributed by atoms with van der Waals surface area (Å²) in [4.78, 5) is 41.2. The van der Waals surface area contributed by atoms with Crippen molar-refractivity contribution in [3.63, 3.8) is 0 Å². The van der Waals surface area contributed by atoms with Crippen LogP contribution in [-0.2, 0) is 19.9 Å².